The molecule has 178 valence electrons. The van der Waals surface area contributed by atoms with Crippen molar-refractivity contribution >= 4 is 33.7 Å². The first-order valence-electron chi connectivity index (χ1n) is 10.9. The molecule has 3 heterocycles. The predicted octanol–water partition coefficient (Wildman–Crippen LogP) is 5.32. The van der Waals surface area contributed by atoms with E-state index in [0.717, 1.165) is 16.9 Å². The van der Waals surface area contributed by atoms with Crippen LogP contribution in [0.2, 0.25) is 0 Å². The largest absolute Gasteiger partial charge is 0.497 e. The number of pyridine rings is 1. The monoisotopic (exact) mass is 526 g/mol. The number of fused-ring (bicyclic) bond motifs is 1. The normalized spacial score (nSPS) is 13.4. The van der Waals surface area contributed by atoms with Crippen LogP contribution in [-0.2, 0) is 17.8 Å². The number of amides is 2. The second-order valence-electron chi connectivity index (χ2n) is 8.98. The van der Waals surface area contributed by atoms with Gasteiger partial charge in [0.1, 0.15) is 22.9 Å². The molecule has 0 radical (unpaired) electrons. The Morgan fingerprint density at radius 2 is 1.79 bits per heavy atom. The summed E-state index contributed by atoms with van der Waals surface area (Å²) in [6.45, 7) is 6.91. The Bertz CT molecular complexity index is 1200. The Labute approximate surface area is 207 Å². The van der Waals surface area contributed by atoms with Crippen molar-refractivity contribution in [3.63, 3.8) is 0 Å². The molecule has 0 saturated heterocycles. The van der Waals surface area contributed by atoms with Crippen LogP contribution >= 0.6 is 15.9 Å². The van der Waals surface area contributed by atoms with Crippen molar-refractivity contribution in [3.05, 3.63) is 64.5 Å². The Balaban J connectivity index is 1.70. The molecule has 0 saturated carbocycles. The third-order valence-electron chi connectivity index (χ3n) is 5.41. The van der Waals surface area contributed by atoms with Crippen molar-refractivity contribution in [2.75, 3.05) is 19.0 Å². The quantitative estimate of drug-likeness (QED) is 0.485. The molecule has 0 spiro atoms. The number of hydrogen-bond donors (Lipinski definition) is 1. The number of anilines is 1. The van der Waals surface area contributed by atoms with Crippen molar-refractivity contribution in [1.82, 2.24) is 14.5 Å². The van der Waals surface area contributed by atoms with Crippen molar-refractivity contribution < 1.29 is 19.1 Å². The van der Waals surface area contributed by atoms with Crippen LogP contribution in [0.1, 0.15) is 36.8 Å². The Kier molecular flexibility index (Phi) is 6.65. The molecule has 3 aromatic rings. The molecule has 34 heavy (non-hydrogen) atoms. The molecule has 2 aromatic heterocycles. The maximum absolute atomic E-state index is 13.6. The lowest BCUT2D eigenvalue weighted by Crippen LogP contribution is -2.40. The molecule has 0 bridgehead atoms. The molecule has 1 N–H and O–H groups in total. The molecule has 1 aliphatic heterocycles. The highest BCUT2D eigenvalue weighted by Gasteiger charge is 2.34. The van der Waals surface area contributed by atoms with E-state index < -0.39 is 11.7 Å². The van der Waals surface area contributed by atoms with Gasteiger partial charge in [0, 0.05) is 37.6 Å². The van der Waals surface area contributed by atoms with Gasteiger partial charge in [-0.1, -0.05) is 12.1 Å². The van der Waals surface area contributed by atoms with Crippen LogP contribution in [-0.4, -0.2) is 45.7 Å². The minimum absolute atomic E-state index is 0.124. The van der Waals surface area contributed by atoms with E-state index in [1.165, 1.54) is 0 Å². The predicted molar refractivity (Wildman–Crippen MR) is 133 cm³/mol. The van der Waals surface area contributed by atoms with E-state index in [2.05, 4.69) is 26.2 Å². The minimum atomic E-state index is -0.652. The number of benzene rings is 1. The van der Waals surface area contributed by atoms with Gasteiger partial charge in [0.05, 0.1) is 11.6 Å². The maximum atomic E-state index is 13.6. The molecule has 1 aliphatic rings. The molecule has 1 aromatic carbocycles. The average Bonchev–Trinajstić information content (AvgIpc) is 3.07. The Morgan fingerprint density at radius 3 is 2.41 bits per heavy atom. The average molecular weight is 527 g/mol. The van der Waals surface area contributed by atoms with Gasteiger partial charge < -0.3 is 18.9 Å². The summed E-state index contributed by atoms with van der Waals surface area (Å²) in [5.74, 6) is 1.16. The lowest BCUT2D eigenvalue weighted by Gasteiger charge is -2.30. The fourth-order valence-corrected chi connectivity index (χ4v) is 4.71. The van der Waals surface area contributed by atoms with Gasteiger partial charge in [-0.05, 0) is 72.1 Å². The minimum Gasteiger partial charge on any atom is -0.497 e. The van der Waals surface area contributed by atoms with Crippen LogP contribution in [0.3, 0.4) is 0 Å². The summed E-state index contributed by atoms with van der Waals surface area (Å²) in [5.41, 5.74) is 2.37. The van der Waals surface area contributed by atoms with Crippen LogP contribution in [0, 0.1) is 0 Å². The standard InChI is InChI=1S/C25H27BrN4O4/c1-25(2,3)34-24(32)28-22-19(17-9-11-27-12-10-17)20(26)21-23(31)29(13-14-30(21)22)15-16-5-7-18(33-4)8-6-16/h5-12H,13-15H2,1-4H3,(H,28,32). The second-order valence-corrected chi connectivity index (χ2v) is 9.77. The molecule has 4 rings (SSSR count). The molecule has 9 heteroatoms. The van der Waals surface area contributed by atoms with E-state index in [1.54, 1.807) is 45.2 Å². The molecule has 8 nitrogen and oxygen atoms in total. The Hall–Kier alpha value is -3.33. The third-order valence-corrected chi connectivity index (χ3v) is 6.18. The number of halogens is 1. The fourth-order valence-electron chi connectivity index (χ4n) is 3.91. The van der Waals surface area contributed by atoms with E-state index in [-0.39, 0.29) is 5.91 Å². The van der Waals surface area contributed by atoms with Gasteiger partial charge in [-0.15, -0.1) is 0 Å². The SMILES string of the molecule is COc1ccc(CN2CCn3c(NC(=O)OC(C)(C)C)c(-c4ccncc4)c(Br)c3C2=O)cc1. The number of hydrogen-bond acceptors (Lipinski definition) is 5. The summed E-state index contributed by atoms with van der Waals surface area (Å²) in [5, 5.41) is 2.88. The van der Waals surface area contributed by atoms with E-state index in [9.17, 15) is 9.59 Å². The number of aromatic nitrogens is 2. The van der Waals surface area contributed by atoms with Gasteiger partial charge in [0.15, 0.2) is 0 Å². The number of nitrogens with zero attached hydrogens (tertiary/aromatic N) is 3. The highest BCUT2D eigenvalue weighted by atomic mass is 79.9. The third kappa shape index (κ3) is 4.94. The van der Waals surface area contributed by atoms with E-state index >= 15 is 0 Å². The first-order chi connectivity index (χ1) is 16.2. The van der Waals surface area contributed by atoms with Gasteiger partial charge in [-0.3, -0.25) is 15.1 Å². The van der Waals surface area contributed by atoms with Crippen molar-refractivity contribution in [1.29, 1.82) is 0 Å². The molecular weight excluding hydrogens is 500 g/mol. The van der Waals surface area contributed by atoms with Crippen LogP contribution < -0.4 is 10.1 Å². The Morgan fingerprint density at radius 1 is 1.12 bits per heavy atom. The highest BCUT2D eigenvalue weighted by Crippen LogP contribution is 2.42. The number of rotatable bonds is 5. The summed E-state index contributed by atoms with van der Waals surface area (Å²) in [7, 11) is 1.62. The van der Waals surface area contributed by atoms with Crippen LogP contribution in [0.25, 0.3) is 11.1 Å². The van der Waals surface area contributed by atoms with E-state index in [4.69, 9.17) is 9.47 Å². The van der Waals surface area contributed by atoms with Crippen molar-refractivity contribution in [2.24, 2.45) is 0 Å². The molecule has 0 aliphatic carbocycles. The molecule has 0 fully saturated rings. The topological polar surface area (TPSA) is 85.7 Å². The zero-order chi connectivity index (χ0) is 24.5. The smallest absolute Gasteiger partial charge is 0.413 e. The summed E-state index contributed by atoms with van der Waals surface area (Å²) < 4.78 is 13.2. The van der Waals surface area contributed by atoms with Crippen LogP contribution in [0.4, 0.5) is 10.6 Å². The molecule has 2 amide bonds. The van der Waals surface area contributed by atoms with Gasteiger partial charge in [0.2, 0.25) is 0 Å². The van der Waals surface area contributed by atoms with Gasteiger partial charge in [0.25, 0.3) is 5.91 Å². The van der Waals surface area contributed by atoms with Crippen LogP contribution in [0.15, 0.2) is 53.3 Å². The van der Waals surface area contributed by atoms with E-state index in [0.29, 0.717) is 41.2 Å². The second kappa shape index (κ2) is 9.50. The molecular formula is C25H27BrN4O4. The summed E-state index contributed by atoms with van der Waals surface area (Å²) >= 11 is 3.65. The lowest BCUT2D eigenvalue weighted by atomic mass is 10.1. The zero-order valence-corrected chi connectivity index (χ0v) is 21.2. The number of carbonyl (C=O) groups excluding carboxylic acids is 2. The van der Waals surface area contributed by atoms with Crippen molar-refractivity contribution in [3.8, 4) is 16.9 Å². The highest BCUT2D eigenvalue weighted by molar-refractivity contribution is 9.10. The van der Waals surface area contributed by atoms with E-state index in [1.807, 2.05) is 41.0 Å². The lowest BCUT2D eigenvalue weighted by molar-refractivity contribution is 0.0628. The van der Waals surface area contributed by atoms with Crippen LogP contribution in [0.5, 0.6) is 5.75 Å². The molecule has 0 unspecified atom stereocenters. The summed E-state index contributed by atoms with van der Waals surface area (Å²) in [6, 6.07) is 11.3. The maximum Gasteiger partial charge on any atom is 0.413 e. The first kappa shape index (κ1) is 23.8. The first-order valence-corrected chi connectivity index (χ1v) is 11.7. The molecule has 0 atom stereocenters. The fraction of sp³-hybridized carbons (Fsp3) is 0.320. The number of ether oxygens (including phenoxy) is 2. The number of carbonyl (C=O) groups is 2. The number of methoxy groups -OCH3 is 1. The van der Waals surface area contributed by atoms with Gasteiger partial charge in [-0.2, -0.15) is 0 Å². The zero-order valence-electron chi connectivity index (χ0n) is 19.6. The van der Waals surface area contributed by atoms with Crippen molar-refractivity contribution in [2.45, 2.75) is 39.5 Å². The van der Waals surface area contributed by atoms with Gasteiger partial charge >= 0.3 is 6.09 Å². The van der Waals surface area contributed by atoms with Gasteiger partial charge in [-0.25, -0.2) is 4.79 Å². The number of nitrogens with one attached hydrogen (secondary N) is 1. The summed E-state index contributed by atoms with van der Waals surface area (Å²) in [6.07, 6.45) is 2.77. The summed E-state index contributed by atoms with van der Waals surface area (Å²) in [4.78, 5) is 32.1.